The van der Waals surface area contributed by atoms with Crippen LogP contribution in [0.25, 0.3) is 0 Å². The Labute approximate surface area is 100 Å². The molecule has 1 fully saturated rings. The van der Waals surface area contributed by atoms with Crippen molar-refractivity contribution in [3.63, 3.8) is 0 Å². The molecule has 0 unspecified atom stereocenters. The minimum atomic E-state index is 1.13. The molecule has 1 rings (SSSR count). The summed E-state index contributed by atoms with van der Waals surface area (Å²) in [5, 5.41) is 3.38. The van der Waals surface area contributed by atoms with Crippen LogP contribution in [0, 0.1) is 0 Å². The van der Waals surface area contributed by atoms with Crippen molar-refractivity contribution in [1.82, 2.24) is 10.2 Å². The fraction of sp³-hybridized carbons (Fsp3) is 0.714. The van der Waals surface area contributed by atoms with Gasteiger partial charge in [-0.15, -0.1) is 0 Å². The van der Waals surface area contributed by atoms with Crippen LogP contribution >= 0.6 is 0 Å². The van der Waals surface area contributed by atoms with E-state index in [1.165, 1.54) is 37.1 Å². The lowest BCUT2D eigenvalue weighted by atomic mass is 10.1. The van der Waals surface area contributed by atoms with E-state index in [2.05, 4.69) is 43.1 Å². The molecule has 0 radical (unpaired) electrons. The molecule has 2 heteroatoms. The molecule has 0 aromatic heterocycles. The van der Waals surface area contributed by atoms with E-state index < -0.39 is 0 Å². The third-order valence-electron chi connectivity index (χ3n) is 3.00. The lowest BCUT2D eigenvalue weighted by Gasteiger charge is -2.26. The number of piperazine rings is 1. The monoisotopic (exact) mass is 222 g/mol. The van der Waals surface area contributed by atoms with Crippen molar-refractivity contribution in [3.8, 4) is 0 Å². The zero-order valence-electron chi connectivity index (χ0n) is 11.1. The summed E-state index contributed by atoms with van der Waals surface area (Å²) in [5.74, 6) is 0. The molecule has 1 heterocycles. The highest BCUT2D eigenvalue weighted by atomic mass is 15.2. The molecule has 0 aliphatic carbocycles. The summed E-state index contributed by atoms with van der Waals surface area (Å²) in [4.78, 5) is 2.51. The first kappa shape index (κ1) is 13.5. The Morgan fingerprint density at radius 3 is 2.44 bits per heavy atom. The summed E-state index contributed by atoms with van der Waals surface area (Å²) in [5.41, 5.74) is 2.95. The van der Waals surface area contributed by atoms with Crippen LogP contribution in [0.15, 0.2) is 23.3 Å². The summed E-state index contributed by atoms with van der Waals surface area (Å²) in [7, 11) is 0. The highest BCUT2D eigenvalue weighted by Gasteiger charge is 2.06. The van der Waals surface area contributed by atoms with Gasteiger partial charge >= 0.3 is 0 Å². The van der Waals surface area contributed by atoms with Gasteiger partial charge in [-0.2, -0.15) is 0 Å². The molecule has 0 aromatic rings. The molecule has 0 spiro atoms. The van der Waals surface area contributed by atoms with Crippen molar-refractivity contribution in [2.45, 2.75) is 33.6 Å². The molecule has 1 aliphatic rings. The van der Waals surface area contributed by atoms with Gasteiger partial charge in [-0.3, -0.25) is 4.90 Å². The zero-order chi connectivity index (χ0) is 11.8. The molecule has 0 bridgehead atoms. The maximum atomic E-state index is 3.38. The van der Waals surface area contributed by atoms with Crippen LogP contribution < -0.4 is 5.32 Å². The predicted molar refractivity (Wildman–Crippen MR) is 71.7 cm³/mol. The number of nitrogens with one attached hydrogen (secondary N) is 1. The van der Waals surface area contributed by atoms with Gasteiger partial charge in [0.15, 0.2) is 0 Å². The van der Waals surface area contributed by atoms with Gasteiger partial charge in [0.1, 0.15) is 0 Å². The highest BCUT2D eigenvalue weighted by molar-refractivity contribution is 5.03. The number of rotatable bonds is 5. The predicted octanol–water partition coefficient (Wildman–Crippen LogP) is 2.58. The van der Waals surface area contributed by atoms with Crippen molar-refractivity contribution in [2.24, 2.45) is 0 Å². The van der Waals surface area contributed by atoms with E-state index in [1.807, 2.05) is 0 Å². The number of nitrogens with zero attached hydrogens (tertiary/aromatic N) is 1. The van der Waals surface area contributed by atoms with Crippen LogP contribution in [-0.2, 0) is 0 Å². The molecule has 1 saturated heterocycles. The molecule has 92 valence electrons. The van der Waals surface area contributed by atoms with Crippen LogP contribution in [0.2, 0.25) is 0 Å². The molecule has 0 saturated carbocycles. The molecular weight excluding hydrogens is 196 g/mol. The van der Waals surface area contributed by atoms with E-state index in [4.69, 9.17) is 0 Å². The third-order valence-corrected chi connectivity index (χ3v) is 3.00. The normalized spacial score (nSPS) is 18.6. The van der Waals surface area contributed by atoms with Gasteiger partial charge in [-0.05, 0) is 33.6 Å². The summed E-state index contributed by atoms with van der Waals surface area (Å²) < 4.78 is 0. The molecule has 0 aromatic carbocycles. The number of hydrogen-bond donors (Lipinski definition) is 1. The van der Waals surface area contributed by atoms with Crippen LogP contribution in [0.1, 0.15) is 33.6 Å². The maximum Gasteiger partial charge on any atom is 0.0166 e. The van der Waals surface area contributed by atoms with Gasteiger partial charge in [-0.25, -0.2) is 0 Å². The van der Waals surface area contributed by atoms with Crippen LogP contribution in [0.3, 0.4) is 0 Å². The quantitative estimate of drug-likeness (QED) is 0.719. The van der Waals surface area contributed by atoms with Crippen LogP contribution in [0.5, 0.6) is 0 Å². The van der Waals surface area contributed by atoms with E-state index in [0.29, 0.717) is 0 Å². The SMILES string of the molecule is CC(C)=CCC/C(C)=C/CN1CCNCC1. The first-order valence-corrected chi connectivity index (χ1v) is 6.40. The second-order valence-corrected chi connectivity index (χ2v) is 4.92. The molecule has 1 aliphatic heterocycles. The molecule has 1 N–H and O–H groups in total. The first-order chi connectivity index (χ1) is 7.68. The first-order valence-electron chi connectivity index (χ1n) is 6.40. The van der Waals surface area contributed by atoms with E-state index >= 15 is 0 Å². The van der Waals surface area contributed by atoms with E-state index in [0.717, 1.165) is 19.6 Å². The standard InChI is InChI=1S/C14H26N2/c1-13(2)5-4-6-14(3)7-10-16-11-8-15-9-12-16/h5,7,15H,4,6,8-12H2,1-3H3/b14-7+. The molecular formula is C14H26N2. The van der Waals surface area contributed by atoms with Crippen molar-refractivity contribution in [2.75, 3.05) is 32.7 Å². The largest absolute Gasteiger partial charge is 0.314 e. The Kier molecular flexibility index (Phi) is 6.43. The average Bonchev–Trinajstić information content (AvgIpc) is 2.27. The summed E-state index contributed by atoms with van der Waals surface area (Å²) in [6.07, 6.45) is 7.11. The second-order valence-electron chi connectivity index (χ2n) is 4.92. The number of hydrogen-bond acceptors (Lipinski definition) is 2. The molecule has 16 heavy (non-hydrogen) atoms. The number of allylic oxidation sites excluding steroid dienone is 3. The van der Waals surface area contributed by atoms with Crippen LogP contribution in [0.4, 0.5) is 0 Å². The van der Waals surface area contributed by atoms with Crippen molar-refractivity contribution in [3.05, 3.63) is 23.3 Å². The smallest absolute Gasteiger partial charge is 0.0166 e. The zero-order valence-corrected chi connectivity index (χ0v) is 11.1. The molecule has 2 nitrogen and oxygen atoms in total. The van der Waals surface area contributed by atoms with Crippen molar-refractivity contribution in [1.29, 1.82) is 0 Å². The molecule has 0 atom stereocenters. The van der Waals surface area contributed by atoms with E-state index in [9.17, 15) is 0 Å². The van der Waals surface area contributed by atoms with Crippen LogP contribution in [-0.4, -0.2) is 37.6 Å². The average molecular weight is 222 g/mol. The fourth-order valence-electron chi connectivity index (χ4n) is 1.87. The van der Waals surface area contributed by atoms with Gasteiger partial charge < -0.3 is 5.32 Å². The van der Waals surface area contributed by atoms with Gasteiger partial charge in [0, 0.05) is 32.7 Å². The summed E-state index contributed by atoms with van der Waals surface area (Å²) in [6.45, 7) is 12.4. The van der Waals surface area contributed by atoms with Crippen molar-refractivity contribution < 1.29 is 0 Å². The summed E-state index contributed by atoms with van der Waals surface area (Å²) >= 11 is 0. The Morgan fingerprint density at radius 2 is 1.81 bits per heavy atom. The Hall–Kier alpha value is -0.600. The van der Waals surface area contributed by atoms with E-state index in [-0.39, 0.29) is 0 Å². The Bertz CT molecular complexity index is 243. The van der Waals surface area contributed by atoms with Gasteiger partial charge in [0.25, 0.3) is 0 Å². The Morgan fingerprint density at radius 1 is 1.12 bits per heavy atom. The van der Waals surface area contributed by atoms with Crippen molar-refractivity contribution >= 4 is 0 Å². The van der Waals surface area contributed by atoms with E-state index in [1.54, 1.807) is 0 Å². The second kappa shape index (κ2) is 7.64. The lowest BCUT2D eigenvalue weighted by Crippen LogP contribution is -2.43. The Balaban J connectivity index is 2.19. The fourth-order valence-corrected chi connectivity index (χ4v) is 1.87. The maximum absolute atomic E-state index is 3.38. The van der Waals surface area contributed by atoms with Gasteiger partial charge in [-0.1, -0.05) is 23.3 Å². The minimum absolute atomic E-state index is 1.13. The lowest BCUT2D eigenvalue weighted by molar-refractivity contribution is 0.264. The minimum Gasteiger partial charge on any atom is -0.314 e. The molecule has 0 amide bonds. The van der Waals surface area contributed by atoms with Gasteiger partial charge in [0.2, 0.25) is 0 Å². The van der Waals surface area contributed by atoms with Gasteiger partial charge in [0.05, 0.1) is 0 Å². The third kappa shape index (κ3) is 6.09. The topological polar surface area (TPSA) is 15.3 Å². The highest BCUT2D eigenvalue weighted by Crippen LogP contribution is 2.07. The summed E-state index contributed by atoms with van der Waals surface area (Å²) in [6, 6.07) is 0.